The summed E-state index contributed by atoms with van der Waals surface area (Å²) in [5.41, 5.74) is 0.706. The van der Waals surface area contributed by atoms with Crippen molar-refractivity contribution in [3.8, 4) is 11.8 Å². The molecule has 0 aliphatic heterocycles. The van der Waals surface area contributed by atoms with Crippen LogP contribution in [0.25, 0.3) is 5.78 Å². The molecule has 2 aromatic rings. The van der Waals surface area contributed by atoms with Gasteiger partial charge in [0.05, 0.1) is 12.8 Å². The van der Waals surface area contributed by atoms with Crippen LogP contribution in [0.2, 0.25) is 0 Å². The van der Waals surface area contributed by atoms with Crippen molar-refractivity contribution in [1.82, 2.24) is 14.4 Å². The minimum absolute atomic E-state index is 0.0847. The number of carbonyl (C=O) groups excluding carboxylic acids is 1. The van der Waals surface area contributed by atoms with Crippen LogP contribution in [0.15, 0.2) is 24.7 Å². The van der Waals surface area contributed by atoms with Crippen molar-refractivity contribution < 1.29 is 9.53 Å². The molecular formula is C12H11N3O2. The number of carbonyl (C=O) groups is 1. The normalized spacial score (nSPS) is 9.71. The second kappa shape index (κ2) is 5.12. The average molecular weight is 229 g/mol. The molecule has 0 aliphatic carbocycles. The van der Waals surface area contributed by atoms with Crippen LogP contribution in [0.5, 0.6) is 0 Å². The van der Waals surface area contributed by atoms with Crippen molar-refractivity contribution in [2.45, 2.75) is 13.3 Å². The summed E-state index contributed by atoms with van der Waals surface area (Å²) in [6, 6.07) is 1.80. The van der Waals surface area contributed by atoms with Gasteiger partial charge >= 0.3 is 5.97 Å². The van der Waals surface area contributed by atoms with Crippen LogP contribution in [0.1, 0.15) is 19.0 Å². The van der Waals surface area contributed by atoms with Crippen LogP contribution in [0, 0.1) is 11.8 Å². The van der Waals surface area contributed by atoms with E-state index in [1.165, 1.54) is 0 Å². The summed E-state index contributed by atoms with van der Waals surface area (Å²) in [6.45, 7) is 2.14. The van der Waals surface area contributed by atoms with Crippen LogP contribution in [0.3, 0.4) is 0 Å². The van der Waals surface area contributed by atoms with E-state index in [0.717, 1.165) is 0 Å². The van der Waals surface area contributed by atoms with E-state index in [-0.39, 0.29) is 12.4 Å². The monoisotopic (exact) mass is 229 g/mol. The van der Waals surface area contributed by atoms with Crippen LogP contribution in [-0.4, -0.2) is 26.9 Å². The van der Waals surface area contributed by atoms with Crippen molar-refractivity contribution in [3.05, 3.63) is 30.4 Å². The maximum absolute atomic E-state index is 11.1. The van der Waals surface area contributed by atoms with Gasteiger partial charge in [-0.3, -0.25) is 9.20 Å². The second-order valence-electron chi connectivity index (χ2n) is 3.22. The number of hydrogen-bond donors (Lipinski definition) is 0. The number of imidazole rings is 1. The SMILES string of the molecule is CCOC(=O)CC#Cc1cnc2ncccn12. The molecule has 86 valence electrons. The van der Waals surface area contributed by atoms with E-state index in [1.54, 1.807) is 29.8 Å². The second-order valence-corrected chi connectivity index (χ2v) is 3.22. The molecule has 0 spiro atoms. The molecule has 0 saturated heterocycles. The molecule has 0 bridgehead atoms. The van der Waals surface area contributed by atoms with Gasteiger partial charge in [0.15, 0.2) is 0 Å². The average Bonchev–Trinajstić information content (AvgIpc) is 2.73. The summed E-state index contributed by atoms with van der Waals surface area (Å²) >= 11 is 0. The minimum Gasteiger partial charge on any atom is -0.465 e. The third-order valence-electron chi connectivity index (χ3n) is 2.04. The minimum atomic E-state index is -0.313. The van der Waals surface area contributed by atoms with E-state index in [2.05, 4.69) is 21.8 Å². The predicted octanol–water partition coefficient (Wildman–Crippen LogP) is 1.03. The zero-order chi connectivity index (χ0) is 12.1. The molecular weight excluding hydrogens is 218 g/mol. The van der Waals surface area contributed by atoms with Gasteiger partial charge in [-0.15, -0.1) is 0 Å². The molecule has 2 aromatic heterocycles. The molecule has 5 nitrogen and oxygen atoms in total. The Morgan fingerprint density at radius 3 is 3.24 bits per heavy atom. The number of ether oxygens (including phenoxy) is 1. The van der Waals surface area contributed by atoms with Crippen LogP contribution in [0.4, 0.5) is 0 Å². The van der Waals surface area contributed by atoms with Crippen molar-refractivity contribution in [2.24, 2.45) is 0 Å². The number of aromatic nitrogens is 3. The van der Waals surface area contributed by atoms with E-state index >= 15 is 0 Å². The standard InChI is InChI=1S/C12H11N3O2/c1-2-17-11(16)6-3-5-10-9-14-12-13-7-4-8-15(10)12/h4,7-9H,2,6H2,1H3. The van der Waals surface area contributed by atoms with Crippen LogP contribution < -0.4 is 0 Å². The van der Waals surface area contributed by atoms with Gasteiger partial charge in [0.1, 0.15) is 12.1 Å². The molecule has 0 atom stereocenters. The lowest BCUT2D eigenvalue weighted by molar-refractivity contribution is -0.141. The predicted molar refractivity (Wildman–Crippen MR) is 61.1 cm³/mol. The smallest absolute Gasteiger partial charge is 0.317 e. The highest BCUT2D eigenvalue weighted by Gasteiger charge is 2.00. The first-order valence-corrected chi connectivity index (χ1v) is 5.24. The van der Waals surface area contributed by atoms with Gasteiger partial charge in [-0.25, -0.2) is 9.97 Å². The third kappa shape index (κ3) is 2.61. The van der Waals surface area contributed by atoms with Gasteiger partial charge in [-0.1, -0.05) is 5.92 Å². The summed E-state index contributed by atoms with van der Waals surface area (Å²) in [5, 5.41) is 0. The molecule has 0 N–H and O–H groups in total. The van der Waals surface area contributed by atoms with E-state index < -0.39 is 0 Å². The first kappa shape index (κ1) is 11.1. The largest absolute Gasteiger partial charge is 0.465 e. The summed E-state index contributed by atoms with van der Waals surface area (Å²) in [5.74, 6) is 5.90. The van der Waals surface area contributed by atoms with Gasteiger partial charge in [-0.2, -0.15) is 0 Å². The maximum atomic E-state index is 11.1. The molecule has 0 unspecified atom stereocenters. The van der Waals surface area contributed by atoms with Crippen molar-refractivity contribution in [2.75, 3.05) is 6.61 Å². The van der Waals surface area contributed by atoms with Crippen LogP contribution >= 0.6 is 0 Å². The Morgan fingerprint density at radius 2 is 2.41 bits per heavy atom. The summed E-state index contributed by atoms with van der Waals surface area (Å²) in [7, 11) is 0. The van der Waals surface area contributed by atoms with Gasteiger partial charge in [0, 0.05) is 12.4 Å². The molecule has 0 saturated carbocycles. The van der Waals surface area contributed by atoms with Gasteiger partial charge < -0.3 is 4.74 Å². The van der Waals surface area contributed by atoms with Crippen molar-refractivity contribution in [1.29, 1.82) is 0 Å². The first-order valence-electron chi connectivity index (χ1n) is 5.24. The molecule has 0 aliphatic rings. The number of esters is 1. The van der Waals surface area contributed by atoms with E-state index in [4.69, 9.17) is 4.74 Å². The lowest BCUT2D eigenvalue weighted by Crippen LogP contribution is -2.01. The van der Waals surface area contributed by atoms with Gasteiger partial charge in [-0.05, 0) is 18.9 Å². The molecule has 2 heterocycles. The third-order valence-corrected chi connectivity index (χ3v) is 2.04. The van der Waals surface area contributed by atoms with Crippen LogP contribution in [-0.2, 0) is 9.53 Å². The number of fused-ring (bicyclic) bond motifs is 1. The van der Waals surface area contributed by atoms with Gasteiger partial charge in [0.2, 0.25) is 5.78 Å². The molecule has 5 heteroatoms. The summed E-state index contributed by atoms with van der Waals surface area (Å²) in [6.07, 6.45) is 5.20. The highest BCUT2D eigenvalue weighted by molar-refractivity contribution is 5.72. The lowest BCUT2D eigenvalue weighted by atomic mass is 10.4. The molecule has 0 aromatic carbocycles. The van der Waals surface area contributed by atoms with Crippen molar-refractivity contribution in [3.63, 3.8) is 0 Å². The summed E-state index contributed by atoms with van der Waals surface area (Å²) < 4.78 is 6.53. The zero-order valence-corrected chi connectivity index (χ0v) is 9.38. The van der Waals surface area contributed by atoms with Crippen molar-refractivity contribution >= 4 is 11.7 Å². The molecule has 0 radical (unpaired) electrons. The Bertz CT molecular complexity index is 592. The first-order chi connectivity index (χ1) is 8.31. The number of rotatable bonds is 2. The van der Waals surface area contributed by atoms with Gasteiger partial charge in [0.25, 0.3) is 0 Å². The van der Waals surface area contributed by atoms with E-state index in [9.17, 15) is 4.79 Å². The Kier molecular flexibility index (Phi) is 3.36. The maximum Gasteiger partial charge on any atom is 0.317 e. The summed E-state index contributed by atoms with van der Waals surface area (Å²) in [4.78, 5) is 19.2. The van der Waals surface area contributed by atoms with E-state index in [0.29, 0.717) is 18.1 Å². The Balaban J connectivity index is 2.14. The van der Waals surface area contributed by atoms with E-state index in [1.807, 2.05) is 6.20 Å². The Morgan fingerprint density at radius 1 is 1.53 bits per heavy atom. The zero-order valence-electron chi connectivity index (χ0n) is 9.38. The molecule has 17 heavy (non-hydrogen) atoms. The number of nitrogens with zero attached hydrogens (tertiary/aromatic N) is 3. The molecule has 2 rings (SSSR count). The quantitative estimate of drug-likeness (QED) is 0.570. The molecule has 0 fully saturated rings. The molecule has 0 amide bonds. The highest BCUT2D eigenvalue weighted by Crippen LogP contribution is 2.01. The Labute approximate surface area is 98.5 Å². The fraction of sp³-hybridized carbons (Fsp3) is 0.250. The Hall–Kier alpha value is -2.35. The lowest BCUT2D eigenvalue weighted by Gasteiger charge is -1.94. The topological polar surface area (TPSA) is 56.5 Å². The highest BCUT2D eigenvalue weighted by atomic mass is 16.5. The fourth-order valence-electron chi connectivity index (χ4n) is 1.34. The number of hydrogen-bond acceptors (Lipinski definition) is 4. The fourth-order valence-corrected chi connectivity index (χ4v) is 1.34.